The summed E-state index contributed by atoms with van der Waals surface area (Å²) in [4.78, 5) is 20.4. The second kappa shape index (κ2) is 7.40. The lowest BCUT2D eigenvalue weighted by molar-refractivity contribution is 0.0691. The van der Waals surface area contributed by atoms with Crippen LogP contribution in [-0.2, 0) is 0 Å². The highest BCUT2D eigenvalue weighted by Crippen LogP contribution is 2.27. The molecule has 0 saturated heterocycles. The van der Waals surface area contributed by atoms with Crippen LogP contribution in [-0.4, -0.2) is 26.8 Å². The van der Waals surface area contributed by atoms with Crippen LogP contribution in [0.4, 0.5) is 0 Å². The predicted molar refractivity (Wildman–Crippen MR) is 89.3 cm³/mol. The van der Waals surface area contributed by atoms with Crippen molar-refractivity contribution in [2.75, 3.05) is 5.75 Å². The molecule has 0 saturated carbocycles. The molecule has 2 rings (SSSR count). The van der Waals surface area contributed by atoms with Gasteiger partial charge < -0.3 is 5.11 Å². The lowest BCUT2D eigenvalue weighted by Crippen LogP contribution is -2.08. The number of aryl methyl sites for hydroxylation is 1. The van der Waals surface area contributed by atoms with Crippen LogP contribution in [0.25, 0.3) is 11.4 Å². The quantitative estimate of drug-likeness (QED) is 0.636. The maximum atomic E-state index is 11.5. The summed E-state index contributed by atoms with van der Waals surface area (Å²) < 4.78 is 0. The monoisotopic (exact) mass is 316 g/mol. The molecule has 116 valence electrons. The molecule has 0 spiro atoms. The SMILES string of the molecule is Cc1nc(-c2ccccc2)nc(SCCC(C)C)c1C(=O)O. The lowest BCUT2D eigenvalue weighted by Gasteiger charge is -2.11. The number of carboxylic acids is 1. The van der Waals surface area contributed by atoms with Crippen molar-refractivity contribution in [2.45, 2.75) is 32.2 Å². The van der Waals surface area contributed by atoms with E-state index in [1.807, 2.05) is 30.3 Å². The van der Waals surface area contributed by atoms with Gasteiger partial charge in [-0.25, -0.2) is 14.8 Å². The zero-order valence-electron chi connectivity index (χ0n) is 13.0. The van der Waals surface area contributed by atoms with Crippen LogP contribution in [0.2, 0.25) is 0 Å². The summed E-state index contributed by atoms with van der Waals surface area (Å²) in [5.74, 6) is 1.04. The zero-order chi connectivity index (χ0) is 16.1. The fraction of sp³-hybridized carbons (Fsp3) is 0.353. The second-order valence-electron chi connectivity index (χ2n) is 5.51. The van der Waals surface area contributed by atoms with Crippen LogP contribution >= 0.6 is 11.8 Å². The maximum Gasteiger partial charge on any atom is 0.340 e. The highest BCUT2D eigenvalue weighted by Gasteiger charge is 2.19. The van der Waals surface area contributed by atoms with E-state index in [0.29, 0.717) is 22.5 Å². The van der Waals surface area contributed by atoms with Gasteiger partial charge in [-0.15, -0.1) is 11.8 Å². The molecule has 1 aromatic carbocycles. The van der Waals surface area contributed by atoms with Gasteiger partial charge in [-0.1, -0.05) is 44.2 Å². The minimum atomic E-state index is -0.968. The molecule has 0 aliphatic rings. The topological polar surface area (TPSA) is 63.1 Å². The predicted octanol–water partition coefficient (Wildman–Crippen LogP) is 4.29. The molecule has 1 heterocycles. The molecule has 0 amide bonds. The molecule has 0 radical (unpaired) electrons. The van der Waals surface area contributed by atoms with Crippen molar-refractivity contribution >= 4 is 17.7 Å². The minimum absolute atomic E-state index is 0.216. The molecule has 1 N–H and O–H groups in total. The lowest BCUT2D eigenvalue weighted by atomic mass is 10.2. The second-order valence-corrected chi connectivity index (χ2v) is 6.60. The van der Waals surface area contributed by atoms with Gasteiger partial charge in [0.2, 0.25) is 0 Å². The van der Waals surface area contributed by atoms with Gasteiger partial charge >= 0.3 is 5.97 Å². The van der Waals surface area contributed by atoms with Crippen LogP contribution < -0.4 is 0 Å². The van der Waals surface area contributed by atoms with Crippen molar-refractivity contribution in [3.8, 4) is 11.4 Å². The third kappa shape index (κ3) is 4.07. The number of hydrogen-bond acceptors (Lipinski definition) is 4. The number of thioether (sulfide) groups is 1. The Morgan fingerprint density at radius 2 is 1.91 bits per heavy atom. The number of rotatable bonds is 6. The Labute approximate surface area is 135 Å². The first-order valence-corrected chi connectivity index (χ1v) is 8.27. The first-order chi connectivity index (χ1) is 10.5. The molecule has 0 fully saturated rings. The first-order valence-electron chi connectivity index (χ1n) is 7.29. The van der Waals surface area contributed by atoms with Gasteiger partial charge in [0.1, 0.15) is 10.6 Å². The molecular weight excluding hydrogens is 296 g/mol. The van der Waals surface area contributed by atoms with Gasteiger partial charge in [-0.3, -0.25) is 0 Å². The summed E-state index contributed by atoms with van der Waals surface area (Å²) in [6, 6.07) is 9.63. The Morgan fingerprint density at radius 3 is 2.50 bits per heavy atom. The van der Waals surface area contributed by atoms with Crippen molar-refractivity contribution in [1.82, 2.24) is 9.97 Å². The van der Waals surface area contributed by atoms with Gasteiger partial charge in [-0.2, -0.15) is 0 Å². The first kappa shape index (κ1) is 16.5. The molecule has 5 heteroatoms. The van der Waals surface area contributed by atoms with Crippen LogP contribution in [0.3, 0.4) is 0 Å². The van der Waals surface area contributed by atoms with E-state index in [-0.39, 0.29) is 5.56 Å². The average Bonchev–Trinajstić information content (AvgIpc) is 2.46. The van der Waals surface area contributed by atoms with E-state index < -0.39 is 5.97 Å². The molecular formula is C17H20N2O2S. The number of carboxylic acid groups (broad SMARTS) is 1. The van der Waals surface area contributed by atoms with Gasteiger partial charge in [-0.05, 0) is 25.0 Å². The van der Waals surface area contributed by atoms with E-state index in [1.54, 1.807) is 6.92 Å². The maximum absolute atomic E-state index is 11.5. The standard InChI is InChI=1S/C17H20N2O2S/c1-11(2)9-10-22-16-14(17(20)21)12(3)18-15(19-16)13-7-5-4-6-8-13/h4-8,11H,9-10H2,1-3H3,(H,20,21). The summed E-state index contributed by atoms with van der Waals surface area (Å²) in [6.07, 6.45) is 1.02. The van der Waals surface area contributed by atoms with E-state index in [4.69, 9.17) is 0 Å². The molecule has 2 aromatic rings. The minimum Gasteiger partial charge on any atom is -0.478 e. The molecule has 4 nitrogen and oxygen atoms in total. The summed E-state index contributed by atoms with van der Waals surface area (Å²) >= 11 is 1.49. The normalized spacial score (nSPS) is 10.9. The third-order valence-corrected chi connectivity index (χ3v) is 4.25. The molecule has 22 heavy (non-hydrogen) atoms. The molecule has 0 bridgehead atoms. The molecule has 0 atom stereocenters. The van der Waals surface area contributed by atoms with Crippen molar-refractivity contribution in [3.05, 3.63) is 41.6 Å². The van der Waals surface area contributed by atoms with Crippen LogP contribution in [0, 0.1) is 12.8 Å². The van der Waals surface area contributed by atoms with E-state index in [9.17, 15) is 9.90 Å². The largest absolute Gasteiger partial charge is 0.478 e. The Morgan fingerprint density at radius 1 is 1.23 bits per heavy atom. The Bertz CT molecular complexity index is 657. The highest BCUT2D eigenvalue weighted by atomic mass is 32.2. The average molecular weight is 316 g/mol. The van der Waals surface area contributed by atoms with Crippen molar-refractivity contribution < 1.29 is 9.90 Å². The van der Waals surface area contributed by atoms with E-state index in [1.165, 1.54) is 11.8 Å². The van der Waals surface area contributed by atoms with Crippen LogP contribution in [0.5, 0.6) is 0 Å². The van der Waals surface area contributed by atoms with Crippen molar-refractivity contribution in [1.29, 1.82) is 0 Å². The Balaban J connectivity index is 2.39. The van der Waals surface area contributed by atoms with Crippen molar-refractivity contribution in [3.63, 3.8) is 0 Å². The fourth-order valence-electron chi connectivity index (χ4n) is 2.00. The third-order valence-electron chi connectivity index (χ3n) is 3.24. The van der Waals surface area contributed by atoms with Crippen LogP contribution in [0.15, 0.2) is 35.4 Å². The van der Waals surface area contributed by atoms with Crippen molar-refractivity contribution in [2.24, 2.45) is 5.92 Å². The molecule has 0 aliphatic carbocycles. The number of aromatic carboxylic acids is 1. The molecule has 0 unspecified atom stereocenters. The number of benzene rings is 1. The fourth-order valence-corrected chi connectivity index (χ4v) is 3.32. The summed E-state index contributed by atoms with van der Waals surface area (Å²) in [6.45, 7) is 6.03. The van der Waals surface area contributed by atoms with Crippen LogP contribution in [0.1, 0.15) is 36.3 Å². The Kier molecular flexibility index (Phi) is 5.55. The van der Waals surface area contributed by atoms with Gasteiger partial charge in [0, 0.05) is 5.56 Å². The zero-order valence-corrected chi connectivity index (χ0v) is 13.9. The molecule has 0 aliphatic heterocycles. The number of hydrogen-bond donors (Lipinski definition) is 1. The Hall–Kier alpha value is -1.88. The van der Waals surface area contributed by atoms with Gasteiger partial charge in [0.15, 0.2) is 5.82 Å². The summed E-state index contributed by atoms with van der Waals surface area (Å²) in [5, 5.41) is 9.98. The summed E-state index contributed by atoms with van der Waals surface area (Å²) in [7, 11) is 0. The van der Waals surface area contributed by atoms with E-state index in [2.05, 4.69) is 23.8 Å². The van der Waals surface area contributed by atoms with Gasteiger partial charge in [0.05, 0.1) is 5.69 Å². The van der Waals surface area contributed by atoms with Gasteiger partial charge in [0.25, 0.3) is 0 Å². The highest BCUT2D eigenvalue weighted by molar-refractivity contribution is 7.99. The number of nitrogens with zero attached hydrogens (tertiary/aromatic N) is 2. The number of carbonyl (C=O) groups is 1. The molecule has 1 aromatic heterocycles. The summed E-state index contributed by atoms with van der Waals surface area (Å²) in [5.41, 5.74) is 1.62. The van der Waals surface area contributed by atoms with E-state index >= 15 is 0 Å². The van der Waals surface area contributed by atoms with E-state index in [0.717, 1.165) is 17.7 Å². The number of aromatic nitrogens is 2. The smallest absolute Gasteiger partial charge is 0.340 e.